The largest absolute Gasteiger partial charge is 0.345 e. The van der Waals surface area contributed by atoms with Gasteiger partial charge in [0.1, 0.15) is 0 Å². The van der Waals surface area contributed by atoms with Crippen LogP contribution in [0, 0.1) is 20.8 Å². The van der Waals surface area contributed by atoms with Gasteiger partial charge in [0.25, 0.3) is 5.91 Å². The van der Waals surface area contributed by atoms with Crippen LogP contribution >= 0.6 is 0 Å². The molecule has 0 bridgehead atoms. The molecule has 1 atom stereocenters. The summed E-state index contributed by atoms with van der Waals surface area (Å²) in [7, 11) is 0. The van der Waals surface area contributed by atoms with Crippen LogP contribution in [-0.2, 0) is 6.42 Å². The Morgan fingerprint density at radius 1 is 0.946 bits per heavy atom. The molecule has 37 heavy (non-hydrogen) atoms. The molecular formula is C32H30N4O. The molecule has 5 heteroatoms. The van der Waals surface area contributed by atoms with Crippen molar-refractivity contribution < 1.29 is 4.79 Å². The van der Waals surface area contributed by atoms with Crippen LogP contribution in [0.25, 0.3) is 27.8 Å². The molecule has 6 rings (SSSR count). The van der Waals surface area contributed by atoms with Gasteiger partial charge in [-0.3, -0.25) is 4.79 Å². The van der Waals surface area contributed by atoms with Gasteiger partial charge >= 0.3 is 0 Å². The number of amides is 1. The van der Waals surface area contributed by atoms with Crippen LogP contribution in [0.4, 0.5) is 0 Å². The molecule has 3 aromatic carbocycles. The van der Waals surface area contributed by atoms with Gasteiger partial charge in [0.05, 0.1) is 40.4 Å². The number of aryl methyl sites for hydroxylation is 3. The Hall–Kier alpha value is -4.25. The third-order valence-electron chi connectivity index (χ3n) is 7.45. The zero-order valence-corrected chi connectivity index (χ0v) is 21.5. The minimum atomic E-state index is -0.0652. The standard InChI is InChI=1S/C32H30N4O/c1-20-11-14-24(15-12-20)36-22(3)28(19-33-36)31-18-27(26-17-21(2)13-16-30(26)34-31)32(37)35-29-10-6-8-23-7-4-5-9-25(23)29/h4-5,7,9,11-19,29H,6,8,10H2,1-3H3,(H,35,37). The number of fused-ring (bicyclic) bond motifs is 2. The van der Waals surface area contributed by atoms with Crippen molar-refractivity contribution in [3.63, 3.8) is 0 Å². The third-order valence-corrected chi connectivity index (χ3v) is 7.45. The molecule has 0 saturated carbocycles. The average Bonchev–Trinajstić information content (AvgIpc) is 3.30. The van der Waals surface area contributed by atoms with E-state index in [9.17, 15) is 4.79 Å². The average molecular weight is 487 g/mol. The van der Waals surface area contributed by atoms with Crippen LogP contribution < -0.4 is 5.32 Å². The number of nitrogens with one attached hydrogen (secondary N) is 1. The highest BCUT2D eigenvalue weighted by atomic mass is 16.1. The van der Waals surface area contributed by atoms with Crippen molar-refractivity contribution in [1.29, 1.82) is 0 Å². The fourth-order valence-corrected chi connectivity index (χ4v) is 5.41. The Balaban J connectivity index is 1.42. The van der Waals surface area contributed by atoms with Gasteiger partial charge in [-0.05, 0) is 81.5 Å². The molecule has 0 saturated heterocycles. The smallest absolute Gasteiger partial charge is 0.252 e. The maximum atomic E-state index is 13.8. The molecule has 0 spiro atoms. The van der Waals surface area contributed by atoms with Gasteiger partial charge in [0.15, 0.2) is 0 Å². The number of carbonyl (C=O) groups is 1. The Morgan fingerprint density at radius 2 is 1.73 bits per heavy atom. The summed E-state index contributed by atoms with van der Waals surface area (Å²) in [5, 5.41) is 8.87. The summed E-state index contributed by atoms with van der Waals surface area (Å²) in [5.41, 5.74) is 9.96. The molecule has 0 fully saturated rings. The number of hydrogen-bond donors (Lipinski definition) is 1. The number of nitrogens with zero attached hydrogens (tertiary/aromatic N) is 3. The quantitative estimate of drug-likeness (QED) is 0.303. The number of hydrogen-bond acceptors (Lipinski definition) is 3. The lowest BCUT2D eigenvalue weighted by Crippen LogP contribution is -2.31. The van der Waals surface area contributed by atoms with Gasteiger partial charge in [-0.2, -0.15) is 5.10 Å². The second-order valence-corrected chi connectivity index (χ2v) is 10.1. The Labute approximate surface area is 217 Å². The third kappa shape index (κ3) is 4.31. The van der Waals surface area contributed by atoms with Crippen molar-refractivity contribution in [3.05, 3.63) is 113 Å². The Kier molecular flexibility index (Phi) is 5.84. The summed E-state index contributed by atoms with van der Waals surface area (Å²) in [5.74, 6) is -0.0652. The van der Waals surface area contributed by atoms with E-state index in [1.165, 1.54) is 16.7 Å². The maximum absolute atomic E-state index is 13.8. The fraction of sp³-hybridized carbons (Fsp3) is 0.219. The Morgan fingerprint density at radius 3 is 2.57 bits per heavy atom. The first-order valence-electron chi connectivity index (χ1n) is 12.9. The first-order valence-corrected chi connectivity index (χ1v) is 12.9. The summed E-state index contributed by atoms with van der Waals surface area (Å²) >= 11 is 0. The molecule has 1 N–H and O–H groups in total. The summed E-state index contributed by atoms with van der Waals surface area (Å²) in [6, 6.07) is 24.8. The van der Waals surface area contributed by atoms with E-state index >= 15 is 0 Å². The molecule has 1 aliphatic carbocycles. The summed E-state index contributed by atoms with van der Waals surface area (Å²) < 4.78 is 1.93. The SMILES string of the molecule is Cc1ccc(-n2ncc(-c3cc(C(=O)NC4CCCc5ccccc54)c4cc(C)ccc4n3)c2C)cc1. The molecule has 0 radical (unpaired) electrons. The molecule has 2 aromatic heterocycles. The van der Waals surface area contributed by atoms with Crippen LogP contribution in [0.3, 0.4) is 0 Å². The van der Waals surface area contributed by atoms with Gasteiger partial charge in [-0.25, -0.2) is 9.67 Å². The highest BCUT2D eigenvalue weighted by Gasteiger charge is 2.24. The van der Waals surface area contributed by atoms with Gasteiger partial charge in [-0.1, -0.05) is 53.6 Å². The van der Waals surface area contributed by atoms with Crippen molar-refractivity contribution in [1.82, 2.24) is 20.1 Å². The van der Waals surface area contributed by atoms with Crippen molar-refractivity contribution in [2.45, 2.75) is 46.1 Å². The van der Waals surface area contributed by atoms with Crippen LogP contribution in [0.5, 0.6) is 0 Å². The van der Waals surface area contributed by atoms with Crippen molar-refractivity contribution in [2.75, 3.05) is 0 Å². The molecule has 184 valence electrons. The fourth-order valence-electron chi connectivity index (χ4n) is 5.41. The van der Waals surface area contributed by atoms with Crippen molar-refractivity contribution >= 4 is 16.8 Å². The van der Waals surface area contributed by atoms with E-state index < -0.39 is 0 Å². The predicted molar refractivity (Wildman–Crippen MR) is 148 cm³/mol. The van der Waals surface area contributed by atoms with E-state index in [-0.39, 0.29) is 11.9 Å². The topological polar surface area (TPSA) is 59.8 Å². The molecule has 1 amide bonds. The first kappa shape index (κ1) is 23.2. The zero-order valence-electron chi connectivity index (χ0n) is 21.5. The van der Waals surface area contributed by atoms with E-state index in [1.807, 2.05) is 42.9 Å². The lowest BCUT2D eigenvalue weighted by molar-refractivity contribution is 0.0934. The number of benzene rings is 3. The van der Waals surface area contributed by atoms with Crippen LogP contribution in [0.15, 0.2) is 79.0 Å². The molecule has 5 nitrogen and oxygen atoms in total. The number of pyridine rings is 1. The molecular weight excluding hydrogens is 456 g/mol. The van der Waals surface area contributed by atoms with Gasteiger partial charge in [0.2, 0.25) is 0 Å². The lowest BCUT2D eigenvalue weighted by atomic mass is 9.87. The maximum Gasteiger partial charge on any atom is 0.252 e. The second kappa shape index (κ2) is 9.32. The number of aromatic nitrogens is 3. The van der Waals surface area contributed by atoms with E-state index in [0.717, 1.165) is 58.4 Å². The molecule has 1 aliphatic rings. The number of carbonyl (C=O) groups excluding carboxylic acids is 1. The summed E-state index contributed by atoms with van der Waals surface area (Å²) in [6.07, 6.45) is 4.92. The van der Waals surface area contributed by atoms with Gasteiger partial charge < -0.3 is 5.32 Å². The van der Waals surface area contributed by atoms with Crippen LogP contribution in [0.1, 0.15) is 57.2 Å². The monoisotopic (exact) mass is 486 g/mol. The van der Waals surface area contributed by atoms with Gasteiger partial charge in [-0.15, -0.1) is 0 Å². The van der Waals surface area contributed by atoms with Gasteiger partial charge in [0, 0.05) is 10.9 Å². The first-order chi connectivity index (χ1) is 18.0. The molecule has 2 heterocycles. The summed E-state index contributed by atoms with van der Waals surface area (Å²) in [4.78, 5) is 18.8. The second-order valence-electron chi connectivity index (χ2n) is 10.1. The van der Waals surface area contributed by atoms with E-state index in [4.69, 9.17) is 4.98 Å². The molecule has 5 aromatic rings. The van der Waals surface area contributed by atoms with E-state index in [2.05, 4.69) is 71.9 Å². The van der Waals surface area contributed by atoms with Crippen molar-refractivity contribution in [3.8, 4) is 16.9 Å². The van der Waals surface area contributed by atoms with Crippen molar-refractivity contribution in [2.24, 2.45) is 0 Å². The minimum Gasteiger partial charge on any atom is -0.345 e. The molecule has 1 unspecified atom stereocenters. The summed E-state index contributed by atoms with van der Waals surface area (Å²) in [6.45, 7) is 6.16. The number of rotatable bonds is 4. The van der Waals surface area contributed by atoms with E-state index in [0.29, 0.717) is 5.56 Å². The highest BCUT2D eigenvalue weighted by molar-refractivity contribution is 6.07. The Bertz CT molecular complexity index is 1630. The molecule has 0 aliphatic heterocycles. The lowest BCUT2D eigenvalue weighted by Gasteiger charge is -2.26. The van der Waals surface area contributed by atoms with Crippen LogP contribution in [-0.4, -0.2) is 20.7 Å². The highest BCUT2D eigenvalue weighted by Crippen LogP contribution is 2.32. The zero-order chi connectivity index (χ0) is 25.5. The minimum absolute atomic E-state index is 0.0138. The predicted octanol–water partition coefficient (Wildman–Crippen LogP) is 6.82. The van der Waals surface area contributed by atoms with E-state index in [1.54, 1.807) is 0 Å². The van der Waals surface area contributed by atoms with Crippen LogP contribution in [0.2, 0.25) is 0 Å². The normalized spacial score (nSPS) is 14.9.